The van der Waals surface area contributed by atoms with Crippen molar-refractivity contribution in [3.8, 4) is 0 Å². The fourth-order valence-electron chi connectivity index (χ4n) is 2.94. The van der Waals surface area contributed by atoms with E-state index >= 15 is 0 Å². The van der Waals surface area contributed by atoms with Crippen molar-refractivity contribution < 1.29 is 0 Å². The predicted octanol–water partition coefficient (Wildman–Crippen LogP) is 3.32. The standard InChI is InChI=1S/C18H27N5.HI/c1-14-22-16-6-3-4-7-17(16)23(14)13-5-11-20-18(19-2)21-12-10-15-8-9-15;/h3-4,6-7,15H,5,8-13H2,1-2H3,(H2,19,20,21);1H. The first-order valence-corrected chi connectivity index (χ1v) is 8.64. The van der Waals surface area contributed by atoms with Crippen molar-refractivity contribution in [1.29, 1.82) is 0 Å². The van der Waals surface area contributed by atoms with Crippen molar-refractivity contribution in [3.05, 3.63) is 30.1 Å². The lowest BCUT2D eigenvalue weighted by molar-refractivity contribution is 0.620. The van der Waals surface area contributed by atoms with Gasteiger partial charge in [0.1, 0.15) is 5.82 Å². The summed E-state index contributed by atoms with van der Waals surface area (Å²) < 4.78 is 2.29. The molecule has 2 N–H and O–H groups in total. The molecule has 0 aliphatic heterocycles. The SMILES string of the molecule is CN=C(NCCCn1c(C)nc2ccccc21)NCCC1CC1.I. The van der Waals surface area contributed by atoms with E-state index in [2.05, 4.69) is 50.3 Å². The molecule has 1 fully saturated rings. The number of fused-ring (bicyclic) bond motifs is 1. The van der Waals surface area contributed by atoms with Gasteiger partial charge in [0.15, 0.2) is 5.96 Å². The van der Waals surface area contributed by atoms with Crippen molar-refractivity contribution in [2.45, 2.75) is 39.2 Å². The highest BCUT2D eigenvalue weighted by atomic mass is 127. The van der Waals surface area contributed by atoms with Gasteiger partial charge in [0.25, 0.3) is 0 Å². The molecule has 1 aliphatic carbocycles. The Morgan fingerprint density at radius 2 is 2.00 bits per heavy atom. The van der Waals surface area contributed by atoms with Gasteiger partial charge in [0.05, 0.1) is 11.0 Å². The van der Waals surface area contributed by atoms with Crippen LogP contribution in [0.5, 0.6) is 0 Å². The number of nitrogens with one attached hydrogen (secondary N) is 2. The minimum Gasteiger partial charge on any atom is -0.356 e. The normalized spacial score (nSPS) is 14.5. The zero-order chi connectivity index (χ0) is 16.1. The third-order valence-electron chi connectivity index (χ3n) is 4.46. The number of benzene rings is 1. The second kappa shape index (κ2) is 9.25. The molecular formula is C18H28IN5. The van der Waals surface area contributed by atoms with E-state index in [1.165, 1.54) is 24.8 Å². The van der Waals surface area contributed by atoms with Crippen molar-refractivity contribution in [3.63, 3.8) is 0 Å². The number of para-hydroxylation sites is 2. The van der Waals surface area contributed by atoms with Gasteiger partial charge in [-0.25, -0.2) is 4.98 Å². The Hall–Kier alpha value is -1.31. The Kier molecular flexibility index (Phi) is 7.33. The minimum atomic E-state index is 0. The summed E-state index contributed by atoms with van der Waals surface area (Å²) in [7, 11) is 1.83. The molecule has 1 aliphatic rings. The van der Waals surface area contributed by atoms with Crippen LogP contribution in [0.3, 0.4) is 0 Å². The van der Waals surface area contributed by atoms with E-state index in [0.717, 1.165) is 49.3 Å². The molecule has 5 nitrogen and oxygen atoms in total. The number of rotatable bonds is 7. The number of hydrogen-bond donors (Lipinski definition) is 2. The van der Waals surface area contributed by atoms with Crippen LogP contribution in [0.2, 0.25) is 0 Å². The topological polar surface area (TPSA) is 54.2 Å². The van der Waals surface area contributed by atoms with Crippen LogP contribution < -0.4 is 10.6 Å². The molecule has 1 heterocycles. The van der Waals surface area contributed by atoms with Crippen molar-refractivity contribution in [2.75, 3.05) is 20.1 Å². The first-order chi connectivity index (χ1) is 11.3. The number of guanidine groups is 1. The van der Waals surface area contributed by atoms with Crippen LogP contribution in [0, 0.1) is 12.8 Å². The number of aromatic nitrogens is 2. The molecule has 3 rings (SSSR count). The molecule has 6 heteroatoms. The summed E-state index contributed by atoms with van der Waals surface area (Å²) in [5, 5.41) is 6.79. The summed E-state index contributed by atoms with van der Waals surface area (Å²) in [5.41, 5.74) is 2.30. The van der Waals surface area contributed by atoms with E-state index in [1.54, 1.807) is 0 Å². The fraction of sp³-hybridized carbons (Fsp3) is 0.556. The summed E-state index contributed by atoms with van der Waals surface area (Å²) in [5.74, 6) is 2.95. The third kappa shape index (κ3) is 5.09. The van der Waals surface area contributed by atoms with Crippen LogP contribution in [0.15, 0.2) is 29.3 Å². The maximum absolute atomic E-state index is 4.61. The molecule has 0 unspecified atom stereocenters. The molecule has 0 atom stereocenters. The molecule has 0 amide bonds. The molecular weight excluding hydrogens is 413 g/mol. The lowest BCUT2D eigenvalue weighted by Gasteiger charge is -2.12. The highest BCUT2D eigenvalue weighted by Crippen LogP contribution is 2.31. The summed E-state index contributed by atoms with van der Waals surface area (Å²) in [6.07, 6.45) is 5.13. The summed E-state index contributed by atoms with van der Waals surface area (Å²) in [6.45, 7) is 4.98. The third-order valence-corrected chi connectivity index (χ3v) is 4.46. The van der Waals surface area contributed by atoms with E-state index in [1.807, 2.05) is 13.1 Å². The second-order valence-electron chi connectivity index (χ2n) is 6.31. The monoisotopic (exact) mass is 441 g/mol. The van der Waals surface area contributed by atoms with Crippen molar-refractivity contribution in [2.24, 2.45) is 10.9 Å². The average molecular weight is 441 g/mol. The van der Waals surface area contributed by atoms with Crippen LogP contribution in [-0.4, -0.2) is 35.6 Å². The summed E-state index contributed by atoms with van der Waals surface area (Å²) in [4.78, 5) is 8.90. The number of nitrogens with zero attached hydrogens (tertiary/aromatic N) is 3. The number of aliphatic imine (C=N–C) groups is 1. The van der Waals surface area contributed by atoms with E-state index in [9.17, 15) is 0 Å². The number of halogens is 1. The van der Waals surface area contributed by atoms with Crippen molar-refractivity contribution >= 4 is 41.0 Å². The predicted molar refractivity (Wildman–Crippen MR) is 111 cm³/mol. The quantitative estimate of drug-likeness (QED) is 0.300. The van der Waals surface area contributed by atoms with Gasteiger partial charge in [-0.3, -0.25) is 4.99 Å². The van der Waals surface area contributed by atoms with E-state index in [4.69, 9.17) is 0 Å². The Bertz CT molecular complexity index is 675. The molecule has 0 bridgehead atoms. The van der Waals surface area contributed by atoms with Gasteiger partial charge in [-0.15, -0.1) is 24.0 Å². The second-order valence-corrected chi connectivity index (χ2v) is 6.31. The van der Waals surface area contributed by atoms with Gasteiger partial charge in [-0.2, -0.15) is 0 Å². The van der Waals surface area contributed by atoms with Crippen molar-refractivity contribution in [1.82, 2.24) is 20.2 Å². The van der Waals surface area contributed by atoms with Gasteiger partial charge in [0.2, 0.25) is 0 Å². The minimum absolute atomic E-state index is 0. The van der Waals surface area contributed by atoms with E-state index in [0.29, 0.717) is 0 Å². The zero-order valence-electron chi connectivity index (χ0n) is 14.6. The molecule has 24 heavy (non-hydrogen) atoms. The van der Waals surface area contributed by atoms with Crippen LogP contribution in [0.1, 0.15) is 31.5 Å². The van der Waals surface area contributed by atoms with E-state index < -0.39 is 0 Å². The smallest absolute Gasteiger partial charge is 0.190 e. The van der Waals surface area contributed by atoms with Crippen LogP contribution >= 0.6 is 24.0 Å². The largest absolute Gasteiger partial charge is 0.356 e. The van der Waals surface area contributed by atoms with Gasteiger partial charge >= 0.3 is 0 Å². The van der Waals surface area contributed by atoms with E-state index in [-0.39, 0.29) is 24.0 Å². The van der Waals surface area contributed by atoms with Crippen LogP contribution in [0.25, 0.3) is 11.0 Å². The van der Waals surface area contributed by atoms with Gasteiger partial charge < -0.3 is 15.2 Å². The molecule has 132 valence electrons. The maximum atomic E-state index is 4.61. The molecule has 2 aromatic rings. The zero-order valence-corrected chi connectivity index (χ0v) is 16.9. The lowest BCUT2D eigenvalue weighted by Crippen LogP contribution is -2.38. The Balaban J connectivity index is 0.00000208. The average Bonchev–Trinajstić information content (AvgIpc) is 3.33. The highest BCUT2D eigenvalue weighted by molar-refractivity contribution is 14.0. The Morgan fingerprint density at radius 3 is 2.75 bits per heavy atom. The lowest BCUT2D eigenvalue weighted by atomic mass is 10.3. The molecule has 0 radical (unpaired) electrons. The Morgan fingerprint density at radius 1 is 1.25 bits per heavy atom. The molecule has 1 aromatic heterocycles. The number of imidazole rings is 1. The summed E-state index contributed by atoms with van der Waals surface area (Å²) >= 11 is 0. The number of hydrogen-bond acceptors (Lipinski definition) is 2. The Labute approximate surface area is 161 Å². The first-order valence-electron chi connectivity index (χ1n) is 8.64. The molecule has 1 aromatic carbocycles. The van der Waals surface area contributed by atoms with Crippen LogP contribution in [-0.2, 0) is 6.54 Å². The molecule has 1 saturated carbocycles. The molecule has 0 spiro atoms. The van der Waals surface area contributed by atoms with Gasteiger partial charge in [0, 0.05) is 26.7 Å². The van der Waals surface area contributed by atoms with Crippen LogP contribution in [0.4, 0.5) is 0 Å². The van der Waals surface area contributed by atoms with Gasteiger partial charge in [-0.1, -0.05) is 25.0 Å². The number of aryl methyl sites for hydroxylation is 2. The molecule has 0 saturated heterocycles. The maximum Gasteiger partial charge on any atom is 0.190 e. The van der Waals surface area contributed by atoms with Gasteiger partial charge in [-0.05, 0) is 37.8 Å². The fourth-order valence-corrected chi connectivity index (χ4v) is 2.94. The summed E-state index contributed by atoms with van der Waals surface area (Å²) in [6, 6.07) is 8.33. The first kappa shape index (κ1) is 19.0. The highest BCUT2D eigenvalue weighted by Gasteiger charge is 2.20.